The van der Waals surface area contributed by atoms with Crippen LogP contribution in [-0.2, 0) is 4.79 Å². The largest absolute Gasteiger partial charge is 0.493 e. The molecule has 0 radical (unpaired) electrons. The molecule has 0 bridgehead atoms. The number of aromatic nitrogens is 4. The second-order valence-corrected chi connectivity index (χ2v) is 4.54. The summed E-state index contributed by atoms with van der Waals surface area (Å²) in [5, 5.41) is 0. The summed E-state index contributed by atoms with van der Waals surface area (Å²) >= 11 is 0. The highest BCUT2D eigenvalue weighted by Gasteiger charge is 2.43. The average Bonchev–Trinajstić information content (AvgIpc) is 2.84. The minimum absolute atomic E-state index is 0.0945. The van der Waals surface area contributed by atoms with Gasteiger partial charge in [0.2, 0.25) is 0 Å². The van der Waals surface area contributed by atoms with E-state index in [4.69, 9.17) is 15.2 Å². The molecule has 0 aliphatic rings. The molecule has 0 spiro atoms. The molecule has 0 unspecified atom stereocenters. The third-order valence-corrected chi connectivity index (χ3v) is 2.77. The van der Waals surface area contributed by atoms with Gasteiger partial charge < -0.3 is 20.0 Å². The zero-order valence-corrected chi connectivity index (χ0v) is 12.8. The van der Waals surface area contributed by atoms with Gasteiger partial charge in [-0.1, -0.05) is 13.3 Å². The Bertz CT molecular complexity index is 746. The number of nitrogens with two attached hydrogens (primary N) is 1. The molecule has 0 aliphatic heterocycles. The van der Waals surface area contributed by atoms with Gasteiger partial charge in [0.1, 0.15) is 0 Å². The van der Waals surface area contributed by atoms with E-state index in [1.54, 1.807) is 0 Å². The third-order valence-electron chi connectivity index (χ3n) is 2.77. The van der Waals surface area contributed by atoms with E-state index < -0.39 is 18.2 Å². The van der Waals surface area contributed by atoms with Crippen molar-refractivity contribution in [1.29, 1.82) is 0 Å². The minimum Gasteiger partial charge on any atom is -0.466 e. The summed E-state index contributed by atoms with van der Waals surface area (Å²) in [6, 6.07) is -0.544. The zero-order chi connectivity index (χ0) is 17.9. The number of carbonyl (C=O) groups is 1. The number of fused-ring (bicyclic) bond motifs is 1. The predicted molar refractivity (Wildman–Crippen MR) is 74.3 cm³/mol. The molecular formula is C12H14F3N5O4. The van der Waals surface area contributed by atoms with Crippen LogP contribution in [0.3, 0.4) is 0 Å². The lowest BCUT2D eigenvalue weighted by atomic mass is 10.4. The molecule has 0 atom stereocenters. The zero-order valence-electron chi connectivity index (χ0n) is 12.8. The molecule has 2 aromatic heterocycles. The molecule has 0 fully saturated rings. The van der Waals surface area contributed by atoms with Gasteiger partial charge in [0.05, 0.1) is 13.7 Å². The lowest BCUT2D eigenvalue weighted by Crippen LogP contribution is -2.33. The van der Waals surface area contributed by atoms with Crippen molar-refractivity contribution >= 4 is 23.0 Å². The predicted octanol–water partition coefficient (Wildman–Crippen LogP) is 1.11. The maximum atomic E-state index is 12.4. The van der Waals surface area contributed by atoms with Gasteiger partial charge in [0.25, 0.3) is 0 Å². The van der Waals surface area contributed by atoms with Crippen LogP contribution in [0.4, 0.5) is 19.0 Å². The molecule has 0 aliphatic carbocycles. The van der Waals surface area contributed by atoms with Crippen molar-refractivity contribution in [2.45, 2.75) is 25.9 Å². The number of methoxy groups -OCH3 is 1. The van der Waals surface area contributed by atoms with Crippen LogP contribution in [0.1, 0.15) is 19.8 Å². The standard InChI is InChI=1S/C12H14F3N5O4/c1-3-4-5-23-10-17-7(16)6-8(18-10)19-11(22-2)20(6)24-9(21)12(13,14)15/h3-5H2,1-2H3,(H2,16,17,18). The first-order chi connectivity index (χ1) is 11.3. The number of hydrogen-bond acceptors (Lipinski definition) is 8. The molecule has 0 saturated heterocycles. The highest BCUT2D eigenvalue weighted by Crippen LogP contribution is 2.26. The SMILES string of the molecule is CCCCOc1nc(N)c2c(n1)nc(OC)n2OC(=O)C(F)(F)F. The number of imidazole rings is 1. The van der Waals surface area contributed by atoms with Crippen LogP contribution >= 0.6 is 0 Å². The van der Waals surface area contributed by atoms with E-state index in [1.165, 1.54) is 0 Å². The van der Waals surface area contributed by atoms with E-state index in [0.29, 0.717) is 11.3 Å². The number of halogens is 3. The van der Waals surface area contributed by atoms with Crippen molar-refractivity contribution in [2.24, 2.45) is 0 Å². The Kier molecular flexibility index (Phi) is 4.95. The van der Waals surface area contributed by atoms with Crippen LogP contribution < -0.4 is 20.0 Å². The fourth-order valence-electron chi connectivity index (χ4n) is 1.66. The lowest BCUT2D eigenvalue weighted by Gasteiger charge is -2.10. The van der Waals surface area contributed by atoms with Crippen molar-refractivity contribution in [3.63, 3.8) is 0 Å². The first kappa shape index (κ1) is 17.6. The minimum atomic E-state index is -5.21. The van der Waals surface area contributed by atoms with Crippen LogP contribution in [0, 0.1) is 0 Å². The van der Waals surface area contributed by atoms with Crippen LogP contribution in [0.2, 0.25) is 0 Å². The summed E-state index contributed by atoms with van der Waals surface area (Å²) in [5.41, 5.74) is 5.31. The van der Waals surface area contributed by atoms with Crippen molar-refractivity contribution in [3.8, 4) is 12.0 Å². The summed E-state index contributed by atoms with van der Waals surface area (Å²) in [4.78, 5) is 26.8. The first-order valence-electron chi connectivity index (χ1n) is 6.80. The smallest absolute Gasteiger partial charge is 0.466 e. The molecule has 0 saturated carbocycles. The van der Waals surface area contributed by atoms with E-state index in [9.17, 15) is 18.0 Å². The van der Waals surface area contributed by atoms with Gasteiger partial charge in [-0.25, -0.2) is 4.79 Å². The summed E-state index contributed by atoms with van der Waals surface area (Å²) in [7, 11) is 1.13. The number of rotatable bonds is 6. The van der Waals surface area contributed by atoms with Crippen LogP contribution in [-0.4, -0.2) is 45.5 Å². The quantitative estimate of drug-likeness (QED) is 0.772. The summed E-state index contributed by atoms with van der Waals surface area (Å²) < 4.78 is 47.6. The molecule has 2 rings (SSSR count). The Labute approximate surface area is 133 Å². The Hall–Kier alpha value is -2.79. The summed E-state index contributed by atoms with van der Waals surface area (Å²) in [5.74, 6) is -2.75. The maximum absolute atomic E-state index is 12.4. The molecule has 12 heteroatoms. The van der Waals surface area contributed by atoms with Crippen LogP contribution in [0.15, 0.2) is 0 Å². The summed E-state index contributed by atoms with van der Waals surface area (Å²) in [6.07, 6.45) is -3.57. The van der Waals surface area contributed by atoms with Gasteiger partial charge in [-0.15, -0.1) is 4.73 Å². The fraction of sp³-hybridized carbons (Fsp3) is 0.500. The number of unbranched alkanes of at least 4 members (excludes halogenated alkanes) is 1. The number of alkyl halides is 3. The number of nitrogen functional groups attached to an aromatic ring is 1. The van der Waals surface area contributed by atoms with Gasteiger partial charge in [-0.05, 0) is 6.42 Å². The molecular weight excluding hydrogens is 335 g/mol. The molecule has 24 heavy (non-hydrogen) atoms. The number of hydrogen-bond donors (Lipinski definition) is 1. The lowest BCUT2D eigenvalue weighted by molar-refractivity contribution is -0.199. The van der Waals surface area contributed by atoms with Crippen molar-refractivity contribution in [3.05, 3.63) is 0 Å². The second kappa shape index (κ2) is 6.76. The Balaban J connectivity index is 2.42. The highest BCUT2D eigenvalue weighted by molar-refractivity contribution is 5.84. The number of anilines is 1. The second-order valence-electron chi connectivity index (χ2n) is 4.54. The fourth-order valence-corrected chi connectivity index (χ4v) is 1.66. The Morgan fingerprint density at radius 1 is 1.29 bits per heavy atom. The van der Waals surface area contributed by atoms with Gasteiger partial charge in [-0.2, -0.15) is 28.1 Å². The molecule has 2 N–H and O–H groups in total. The molecule has 0 aromatic carbocycles. The highest BCUT2D eigenvalue weighted by atomic mass is 19.4. The molecule has 9 nitrogen and oxygen atoms in total. The average molecular weight is 349 g/mol. The number of carbonyl (C=O) groups excluding carboxylic acids is 1. The van der Waals surface area contributed by atoms with Crippen LogP contribution in [0.5, 0.6) is 12.0 Å². The number of ether oxygens (including phenoxy) is 2. The molecule has 2 heterocycles. The van der Waals surface area contributed by atoms with E-state index in [1.807, 2.05) is 6.92 Å². The maximum Gasteiger partial charge on any atom is 0.493 e. The van der Waals surface area contributed by atoms with E-state index in [0.717, 1.165) is 20.0 Å². The van der Waals surface area contributed by atoms with Gasteiger partial charge in [0.15, 0.2) is 17.0 Å². The normalized spacial score (nSPS) is 11.5. The third kappa shape index (κ3) is 3.58. The molecule has 0 amide bonds. The van der Waals surface area contributed by atoms with Crippen molar-refractivity contribution in [2.75, 3.05) is 19.5 Å². The van der Waals surface area contributed by atoms with Crippen LogP contribution in [0.25, 0.3) is 11.2 Å². The van der Waals surface area contributed by atoms with E-state index in [2.05, 4.69) is 19.8 Å². The number of nitrogens with zero attached hydrogens (tertiary/aromatic N) is 4. The molecule has 2 aromatic rings. The van der Waals surface area contributed by atoms with Gasteiger partial charge in [-0.3, -0.25) is 0 Å². The summed E-state index contributed by atoms with van der Waals surface area (Å²) in [6.45, 7) is 2.30. The first-order valence-corrected chi connectivity index (χ1v) is 6.80. The van der Waals surface area contributed by atoms with Gasteiger partial charge >= 0.3 is 24.2 Å². The van der Waals surface area contributed by atoms with E-state index >= 15 is 0 Å². The topological polar surface area (TPSA) is 114 Å². The monoisotopic (exact) mass is 349 g/mol. The van der Waals surface area contributed by atoms with Crippen molar-refractivity contribution in [1.82, 2.24) is 19.7 Å². The molecule has 132 valence electrons. The van der Waals surface area contributed by atoms with Crippen molar-refractivity contribution < 1.29 is 32.3 Å². The van der Waals surface area contributed by atoms with Gasteiger partial charge in [0, 0.05) is 0 Å². The Morgan fingerprint density at radius 2 is 2.00 bits per heavy atom. The Morgan fingerprint density at radius 3 is 2.58 bits per heavy atom. The van der Waals surface area contributed by atoms with E-state index in [-0.39, 0.29) is 23.0 Å².